The van der Waals surface area contributed by atoms with E-state index in [0.29, 0.717) is 17.6 Å². The van der Waals surface area contributed by atoms with Crippen LogP contribution in [-0.2, 0) is 4.79 Å². The molecule has 1 aliphatic heterocycles. The van der Waals surface area contributed by atoms with Gasteiger partial charge in [0.2, 0.25) is 0 Å². The number of nitrogens with zero attached hydrogens (tertiary/aromatic N) is 1. The quantitative estimate of drug-likeness (QED) is 0.672. The van der Waals surface area contributed by atoms with Crippen molar-refractivity contribution in [1.82, 2.24) is 4.90 Å². The molecule has 1 heterocycles. The summed E-state index contributed by atoms with van der Waals surface area (Å²) in [6, 6.07) is 0. The van der Waals surface area contributed by atoms with E-state index in [1.807, 2.05) is 0 Å². The molecule has 2 aliphatic rings. The van der Waals surface area contributed by atoms with Crippen molar-refractivity contribution in [3.63, 3.8) is 0 Å². The van der Waals surface area contributed by atoms with Crippen LogP contribution in [0.25, 0.3) is 0 Å². The fourth-order valence-electron chi connectivity index (χ4n) is 2.94. The molecule has 0 bridgehead atoms. The lowest BCUT2D eigenvalue weighted by atomic mass is 9.86. The van der Waals surface area contributed by atoms with Gasteiger partial charge >= 0.3 is 0 Å². The van der Waals surface area contributed by atoms with Crippen LogP contribution in [0.4, 0.5) is 0 Å². The second-order valence-corrected chi connectivity index (χ2v) is 4.99. The van der Waals surface area contributed by atoms with Crippen LogP contribution < -0.4 is 0 Å². The van der Waals surface area contributed by atoms with Gasteiger partial charge in [0.15, 0.2) is 0 Å². The lowest BCUT2D eigenvalue weighted by molar-refractivity contribution is -0.128. The highest BCUT2D eigenvalue weighted by Crippen LogP contribution is 2.30. The summed E-state index contributed by atoms with van der Waals surface area (Å²) in [7, 11) is 2.13. The number of ketones is 1. The summed E-state index contributed by atoms with van der Waals surface area (Å²) in [6.07, 6.45) is 7.23. The Morgan fingerprint density at radius 1 is 1.07 bits per heavy atom. The second-order valence-electron chi connectivity index (χ2n) is 4.99. The Morgan fingerprint density at radius 3 is 2.36 bits per heavy atom. The molecule has 80 valence electrons. The van der Waals surface area contributed by atoms with Crippen molar-refractivity contribution in [1.29, 1.82) is 0 Å². The lowest BCUT2D eigenvalue weighted by Crippen LogP contribution is -2.38. The van der Waals surface area contributed by atoms with Gasteiger partial charge < -0.3 is 4.90 Å². The van der Waals surface area contributed by atoms with Crippen LogP contribution in [-0.4, -0.2) is 30.8 Å². The molecule has 14 heavy (non-hydrogen) atoms. The van der Waals surface area contributed by atoms with Crippen molar-refractivity contribution >= 4 is 5.78 Å². The average Bonchev–Trinajstić information content (AvgIpc) is 2.69. The van der Waals surface area contributed by atoms with E-state index in [0.717, 1.165) is 13.0 Å². The SMILES string of the molecule is CN1CCCC(C(=O)C2CCCC2)C1. The first-order valence-corrected chi connectivity index (χ1v) is 5.99. The number of Topliss-reactive ketones (excluding diaryl/α,β-unsaturated/α-hetero) is 1. The van der Waals surface area contributed by atoms with Gasteiger partial charge in [-0.2, -0.15) is 0 Å². The maximum Gasteiger partial charge on any atom is 0.140 e. The van der Waals surface area contributed by atoms with Crippen molar-refractivity contribution < 1.29 is 4.79 Å². The van der Waals surface area contributed by atoms with Gasteiger partial charge in [-0.15, -0.1) is 0 Å². The summed E-state index contributed by atoms with van der Waals surface area (Å²) in [5.41, 5.74) is 0. The Balaban J connectivity index is 1.89. The maximum absolute atomic E-state index is 12.1. The van der Waals surface area contributed by atoms with Gasteiger partial charge in [0, 0.05) is 18.4 Å². The fraction of sp³-hybridized carbons (Fsp3) is 0.917. The van der Waals surface area contributed by atoms with Crippen molar-refractivity contribution in [2.24, 2.45) is 11.8 Å². The topological polar surface area (TPSA) is 20.3 Å². The van der Waals surface area contributed by atoms with E-state index >= 15 is 0 Å². The van der Waals surface area contributed by atoms with Gasteiger partial charge in [-0.05, 0) is 39.3 Å². The third-order valence-corrected chi connectivity index (χ3v) is 3.78. The zero-order valence-electron chi connectivity index (χ0n) is 9.17. The van der Waals surface area contributed by atoms with Crippen LogP contribution in [0.1, 0.15) is 38.5 Å². The van der Waals surface area contributed by atoms with Crippen molar-refractivity contribution in [3.05, 3.63) is 0 Å². The summed E-state index contributed by atoms with van der Waals surface area (Å²) in [5, 5.41) is 0. The molecule has 1 saturated carbocycles. The first-order valence-electron chi connectivity index (χ1n) is 5.99. The summed E-state index contributed by atoms with van der Waals surface area (Å²) < 4.78 is 0. The van der Waals surface area contributed by atoms with E-state index in [4.69, 9.17) is 0 Å². The van der Waals surface area contributed by atoms with Crippen molar-refractivity contribution in [2.45, 2.75) is 38.5 Å². The first-order chi connectivity index (χ1) is 6.77. The van der Waals surface area contributed by atoms with Gasteiger partial charge in [0.1, 0.15) is 5.78 Å². The predicted octanol–water partition coefficient (Wildman–Crippen LogP) is 2.09. The van der Waals surface area contributed by atoms with Gasteiger partial charge in [-0.1, -0.05) is 12.8 Å². The van der Waals surface area contributed by atoms with Gasteiger partial charge in [0.25, 0.3) is 0 Å². The van der Waals surface area contributed by atoms with E-state index in [2.05, 4.69) is 11.9 Å². The van der Waals surface area contributed by atoms with Crippen molar-refractivity contribution in [2.75, 3.05) is 20.1 Å². The molecule has 1 saturated heterocycles. The summed E-state index contributed by atoms with van der Waals surface area (Å²) >= 11 is 0. The molecule has 1 unspecified atom stereocenters. The number of carbonyl (C=O) groups excluding carboxylic acids is 1. The first kappa shape index (κ1) is 10.2. The number of carbonyl (C=O) groups is 1. The van der Waals surface area contributed by atoms with E-state index in [-0.39, 0.29) is 0 Å². The molecular weight excluding hydrogens is 174 g/mol. The fourth-order valence-corrected chi connectivity index (χ4v) is 2.94. The number of hydrogen-bond donors (Lipinski definition) is 0. The standard InChI is InChI=1S/C12H21NO/c1-13-8-4-7-11(9-13)12(14)10-5-2-3-6-10/h10-11H,2-9H2,1H3. The number of piperidine rings is 1. The Morgan fingerprint density at radius 2 is 1.71 bits per heavy atom. The minimum absolute atomic E-state index is 0.358. The maximum atomic E-state index is 12.1. The predicted molar refractivity (Wildman–Crippen MR) is 57.2 cm³/mol. The van der Waals surface area contributed by atoms with Crippen LogP contribution in [0.2, 0.25) is 0 Å². The zero-order valence-corrected chi connectivity index (χ0v) is 9.17. The van der Waals surface area contributed by atoms with Gasteiger partial charge in [0.05, 0.1) is 0 Å². The third-order valence-electron chi connectivity index (χ3n) is 3.78. The van der Waals surface area contributed by atoms with Gasteiger partial charge in [-0.3, -0.25) is 4.79 Å². The zero-order chi connectivity index (χ0) is 9.97. The smallest absolute Gasteiger partial charge is 0.140 e. The molecule has 2 fully saturated rings. The van der Waals surface area contributed by atoms with E-state index < -0.39 is 0 Å². The normalized spacial score (nSPS) is 30.8. The van der Waals surface area contributed by atoms with E-state index in [1.165, 1.54) is 38.6 Å². The van der Waals surface area contributed by atoms with Crippen LogP contribution in [0.3, 0.4) is 0 Å². The molecule has 0 aromatic rings. The average molecular weight is 195 g/mol. The number of hydrogen-bond acceptors (Lipinski definition) is 2. The lowest BCUT2D eigenvalue weighted by Gasteiger charge is -2.30. The van der Waals surface area contributed by atoms with Crippen LogP contribution in [0.5, 0.6) is 0 Å². The van der Waals surface area contributed by atoms with Crippen molar-refractivity contribution in [3.8, 4) is 0 Å². The Hall–Kier alpha value is -0.370. The monoisotopic (exact) mass is 195 g/mol. The summed E-state index contributed by atoms with van der Waals surface area (Å²) in [6.45, 7) is 2.18. The number of likely N-dealkylation sites (tertiary alicyclic amines) is 1. The Bertz CT molecular complexity index is 208. The molecule has 0 N–H and O–H groups in total. The molecule has 2 nitrogen and oxygen atoms in total. The highest BCUT2D eigenvalue weighted by Gasteiger charge is 2.31. The molecule has 0 aromatic heterocycles. The Labute approximate surface area is 86.7 Å². The third kappa shape index (κ3) is 2.17. The molecule has 2 heteroatoms. The largest absolute Gasteiger partial charge is 0.306 e. The highest BCUT2D eigenvalue weighted by atomic mass is 16.1. The molecule has 2 rings (SSSR count). The molecule has 0 amide bonds. The molecule has 0 spiro atoms. The van der Waals surface area contributed by atoms with E-state index in [1.54, 1.807) is 0 Å². The van der Waals surface area contributed by atoms with Crippen LogP contribution in [0.15, 0.2) is 0 Å². The molecule has 1 atom stereocenters. The molecule has 0 radical (unpaired) electrons. The minimum atomic E-state index is 0.358. The highest BCUT2D eigenvalue weighted by molar-refractivity contribution is 5.83. The molecule has 1 aliphatic carbocycles. The van der Waals surface area contributed by atoms with Crippen LogP contribution in [0, 0.1) is 11.8 Å². The van der Waals surface area contributed by atoms with Crippen LogP contribution >= 0.6 is 0 Å². The summed E-state index contributed by atoms with van der Waals surface area (Å²) in [4.78, 5) is 14.4. The van der Waals surface area contributed by atoms with Gasteiger partial charge in [-0.25, -0.2) is 0 Å². The second kappa shape index (κ2) is 4.43. The van der Waals surface area contributed by atoms with E-state index in [9.17, 15) is 4.79 Å². The minimum Gasteiger partial charge on any atom is -0.306 e. The molecule has 0 aromatic carbocycles. The Kier molecular flexibility index (Phi) is 3.22. The number of rotatable bonds is 2. The molecular formula is C12H21NO. The summed E-state index contributed by atoms with van der Waals surface area (Å²) in [5.74, 6) is 1.36.